The monoisotopic (exact) mass is 486 g/mol. The molecule has 0 saturated carbocycles. The van der Waals surface area contributed by atoms with Crippen molar-refractivity contribution in [1.82, 2.24) is 44.7 Å². The van der Waals surface area contributed by atoms with Gasteiger partial charge in [-0.2, -0.15) is 0 Å². The Bertz CT molecular complexity index is 1360. The van der Waals surface area contributed by atoms with E-state index in [2.05, 4.69) is 40.8 Å². The lowest BCUT2D eigenvalue weighted by molar-refractivity contribution is 0.301. The maximum absolute atomic E-state index is 5.94. The number of imidazole rings is 1. The molecule has 11 nitrogen and oxygen atoms in total. The van der Waals surface area contributed by atoms with Crippen molar-refractivity contribution in [2.24, 2.45) is 0 Å². The summed E-state index contributed by atoms with van der Waals surface area (Å²) in [5.74, 6) is 3.01. The molecule has 1 fully saturated rings. The fourth-order valence-corrected chi connectivity index (χ4v) is 5.09. The molecule has 0 spiro atoms. The van der Waals surface area contributed by atoms with Crippen LogP contribution in [0.1, 0.15) is 29.5 Å². The molecule has 0 unspecified atom stereocenters. The van der Waals surface area contributed by atoms with Crippen LogP contribution in [0.3, 0.4) is 0 Å². The van der Waals surface area contributed by atoms with Crippen LogP contribution >= 0.6 is 11.3 Å². The van der Waals surface area contributed by atoms with Gasteiger partial charge in [0.2, 0.25) is 0 Å². The second kappa shape index (κ2) is 9.58. The van der Waals surface area contributed by atoms with E-state index >= 15 is 0 Å². The largest absolute Gasteiger partial charge is 0.487 e. The molecular formula is C23H22N10OS. The van der Waals surface area contributed by atoms with Crippen LogP contribution in [0.2, 0.25) is 0 Å². The molecule has 12 heteroatoms. The predicted molar refractivity (Wildman–Crippen MR) is 129 cm³/mol. The molecule has 6 rings (SSSR count). The van der Waals surface area contributed by atoms with Gasteiger partial charge in [-0.05, 0) is 47.5 Å². The third-order valence-corrected chi connectivity index (χ3v) is 7.04. The van der Waals surface area contributed by atoms with Crippen LogP contribution in [0.15, 0.2) is 67.1 Å². The van der Waals surface area contributed by atoms with E-state index in [1.165, 1.54) is 5.01 Å². The van der Waals surface area contributed by atoms with Crippen LogP contribution in [0.4, 0.5) is 5.82 Å². The first-order chi connectivity index (χ1) is 17.3. The van der Waals surface area contributed by atoms with Crippen molar-refractivity contribution in [2.75, 3.05) is 18.0 Å². The van der Waals surface area contributed by atoms with Gasteiger partial charge in [0.25, 0.3) is 0 Å². The number of aromatic nitrogens is 9. The van der Waals surface area contributed by atoms with Gasteiger partial charge in [-0.3, -0.25) is 4.57 Å². The maximum atomic E-state index is 5.94. The molecule has 1 aliphatic heterocycles. The van der Waals surface area contributed by atoms with E-state index in [0.717, 1.165) is 54.7 Å². The molecule has 1 aliphatic rings. The molecule has 0 bridgehead atoms. The number of rotatable bonds is 7. The molecule has 1 saturated heterocycles. The number of nitrogens with zero attached hydrogens (tertiary/aromatic N) is 10. The first kappa shape index (κ1) is 21.4. The van der Waals surface area contributed by atoms with E-state index < -0.39 is 0 Å². The molecule has 1 aromatic carbocycles. The SMILES string of the molecule is c1cn(-c2cc(N3CCC(c4nc(COc5ccc(-n6cnnn6)cc5)cs4)CC3)ncn2)cn1. The summed E-state index contributed by atoms with van der Waals surface area (Å²) in [6.45, 7) is 2.31. The number of benzene rings is 1. The third-order valence-electron chi connectivity index (χ3n) is 5.98. The van der Waals surface area contributed by atoms with E-state index in [1.807, 2.05) is 41.1 Å². The number of ether oxygens (including phenoxy) is 1. The summed E-state index contributed by atoms with van der Waals surface area (Å²) in [4.78, 5) is 20.1. The molecule has 0 N–H and O–H groups in total. The Labute approximate surface area is 205 Å². The lowest BCUT2D eigenvalue weighted by Crippen LogP contribution is -2.33. The van der Waals surface area contributed by atoms with Crippen molar-refractivity contribution in [3.05, 3.63) is 77.8 Å². The molecule has 0 radical (unpaired) electrons. The van der Waals surface area contributed by atoms with Gasteiger partial charge >= 0.3 is 0 Å². The van der Waals surface area contributed by atoms with Gasteiger partial charge in [0.15, 0.2) is 0 Å². The van der Waals surface area contributed by atoms with Crippen molar-refractivity contribution in [3.8, 4) is 17.3 Å². The Kier molecular flexibility index (Phi) is 5.85. The topological polar surface area (TPSA) is 113 Å². The Balaban J connectivity index is 1.03. The van der Waals surface area contributed by atoms with Crippen LogP contribution < -0.4 is 9.64 Å². The minimum atomic E-state index is 0.442. The number of anilines is 1. The van der Waals surface area contributed by atoms with Crippen molar-refractivity contribution in [1.29, 1.82) is 0 Å². The van der Waals surface area contributed by atoms with Crippen LogP contribution in [0.25, 0.3) is 11.5 Å². The number of piperidine rings is 1. The highest BCUT2D eigenvalue weighted by Gasteiger charge is 2.24. The van der Waals surface area contributed by atoms with Crippen molar-refractivity contribution in [2.45, 2.75) is 25.4 Å². The number of tetrazole rings is 1. The van der Waals surface area contributed by atoms with Crippen LogP contribution in [-0.4, -0.2) is 57.8 Å². The fourth-order valence-electron chi connectivity index (χ4n) is 4.11. The van der Waals surface area contributed by atoms with Gasteiger partial charge in [-0.1, -0.05) is 0 Å². The van der Waals surface area contributed by atoms with E-state index in [9.17, 15) is 0 Å². The summed E-state index contributed by atoms with van der Waals surface area (Å²) < 4.78 is 9.43. The zero-order valence-corrected chi connectivity index (χ0v) is 19.6. The average molecular weight is 487 g/mol. The molecule has 0 atom stereocenters. The minimum absolute atomic E-state index is 0.442. The maximum Gasteiger partial charge on any atom is 0.143 e. The smallest absolute Gasteiger partial charge is 0.143 e. The number of hydrogen-bond donors (Lipinski definition) is 0. The van der Waals surface area contributed by atoms with Crippen LogP contribution in [0.5, 0.6) is 5.75 Å². The molecular weight excluding hydrogens is 464 g/mol. The number of thiazole rings is 1. The summed E-state index contributed by atoms with van der Waals surface area (Å²) in [6.07, 6.45) is 10.6. The Hall–Kier alpha value is -4.19. The van der Waals surface area contributed by atoms with Crippen molar-refractivity contribution >= 4 is 17.2 Å². The highest BCUT2D eigenvalue weighted by atomic mass is 32.1. The summed E-state index contributed by atoms with van der Waals surface area (Å²) in [5, 5.41) is 14.5. The third kappa shape index (κ3) is 4.73. The standard InChI is InChI=1S/C23H22N10OS/c1-3-20(4-2-19(1)33-16-27-29-30-33)34-12-18-13-35-23(28-18)17-5-8-31(9-6-17)21-11-22(26-14-25-21)32-10-7-24-15-32/h1-4,7,10-11,13-17H,5-6,8-9,12H2. The first-order valence-corrected chi connectivity index (χ1v) is 12.2. The van der Waals surface area contributed by atoms with Crippen molar-refractivity contribution in [3.63, 3.8) is 0 Å². The van der Waals surface area contributed by atoms with Gasteiger partial charge in [0.1, 0.15) is 43.0 Å². The summed E-state index contributed by atoms with van der Waals surface area (Å²) in [6, 6.07) is 9.66. The summed E-state index contributed by atoms with van der Waals surface area (Å²) in [5.41, 5.74) is 1.84. The quantitative estimate of drug-likeness (QED) is 0.342. The van der Waals surface area contributed by atoms with Gasteiger partial charge in [-0.15, -0.1) is 16.4 Å². The van der Waals surface area contributed by atoms with E-state index in [-0.39, 0.29) is 0 Å². The summed E-state index contributed by atoms with van der Waals surface area (Å²) in [7, 11) is 0. The van der Waals surface area contributed by atoms with Gasteiger partial charge in [0.05, 0.1) is 16.4 Å². The molecule has 0 aliphatic carbocycles. The highest BCUT2D eigenvalue weighted by molar-refractivity contribution is 7.09. The van der Waals surface area contributed by atoms with E-state index in [1.54, 1.807) is 41.2 Å². The summed E-state index contributed by atoms with van der Waals surface area (Å²) >= 11 is 1.72. The minimum Gasteiger partial charge on any atom is -0.487 e. The van der Waals surface area contributed by atoms with Gasteiger partial charge in [0, 0.05) is 42.8 Å². The lowest BCUT2D eigenvalue weighted by Gasteiger charge is -2.32. The molecule has 5 aromatic rings. The number of hydrogen-bond acceptors (Lipinski definition) is 10. The fraction of sp³-hybridized carbons (Fsp3) is 0.261. The van der Waals surface area contributed by atoms with E-state index in [0.29, 0.717) is 12.5 Å². The Morgan fingerprint density at radius 1 is 1.03 bits per heavy atom. The first-order valence-electron chi connectivity index (χ1n) is 11.3. The second-order valence-corrected chi connectivity index (χ2v) is 9.07. The van der Waals surface area contributed by atoms with Gasteiger partial charge in [-0.25, -0.2) is 24.6 Å². The van der Waals surface area contributed by atoms with Crippen LogP contribution in [-0.2, 0) is 6.61 Å². The molecule has 35 heavy (non-hydrogen) atoms. The van der Waals surface area contributed by atoms with Gasteiger partial charge < -0.3 is 9.64 Å². The Morgan fingerprint density at radius 3 is 2.66 bits per heavy atom. The molecule has 0 amide bonds. The average Bonchev–Trinajstić information content (AvgIpc) is 3.71. The van der Waals surface area contributed by atoms with Crippen LogP contribution in [0, 0.1) is 0 Å². The second-order valence-electron chi connectivity index (χ2n) is 8.18. The molecule has 5 heterocycles. The highest BCUT2D eigenvalue weighted by Crippen LogP contribution is 2.32. The lowest BCUT2D eigenvalue weighted by atomic mass is 9.97. The normalized spacial score (nSPS) is 14.3. The van der Waals surface area contributed by atoms with E-state index in [4.69, 9.17) is 9.72 Å². The predicted octanol–water partition coefficient (Wildman–Crippen LogP) is 3.06. The van der Waals surface area contributed by atoms with Crippen molar-refractivity contribution < 1.29 is 4.74 Å². The zero-order chi connectivity index (χ0) is 23.5. The Morgan fingerprint density at radius 2 is 1.89 bits per heavy atom. The molecule has 176 valence electrons. The molecule has 4 aromatic heterocycles. The zero-order valence-electron chi connectivity index (χ0n) is 18.8.